The van der Waals surface area contributed by atoms with Gasteiger partial charge in [-0.3, -0.25) is 4.90 Å². The van der Waals surface area contributed by atoms with Gasteiger partial charge < -0.3 is 5.32 Å². The summed E-state index contributed by atoms with van der Waals surface area (Å²) in [4.78, 5) is 2.65. The summed E-state index contributed by atoms with van der Waals surface area (Å²) in [5.74, 6) is 0.721. The number of nitrogens with one attached hydrogen (secondary N) is 1. The molecular weight excluding hydrogens is 196 g/mol. The fourth-order valence-corrected chi connectivity index (χ4v) is 2.23. The predicted molar refractivity (Wildman–Crippen MR) is 73.9 cm³/mol. The summed E-state index contributed by atoms with van der Waals surface area (Å²) in [6.45, 7) is 17.3. The van der Waals surface area contributed by atoms with Crippen LogP contribution in [0.1, 0.15) is 54.4 Å². The Kier molecular flexibility index (Phi) is 8.96. The first-order valence-corrected chi connectivity index (χ1v) is 7.00. The lowest BCUT2D eigenvalue weighted by atomic mass is 10.0. The van der Waals surface area contributed by atoms with E-state index in [0.717, 1.165) is 19.0 Å². The molecule has 0 bridgehead atoms. The molecule has 0 saturated heterocycles. The zero-order valence-corrected chi connectivity index (χ0v) is 12.2. The van der Waals surface area contributed by atoms with Crippen LogP contribution in [0.15, 0.2) is 0 Å². The van der Waals surface area contributed by atoms with Crippen LogP contribution in [0, 0.1) is 5.92 Å². The van der Waals surface area contributed by atoms with Gasteiger partial charge >= 0.3 is 0 Å². The third-order valence-electron chi connectivity index (χ3n) is 3.12. The summed E-state index contributed by atoms with van der Waals surface area (Å²) >= 11 is 0. The first-order chi connectivity index (χ1) is 7.54. The molecule has 0 aliphatic heterocycles. The van der Waals surface area contributed by atoms with Crippen LogP contribution in [0.4, 0.5) is 0 Å². The summed E-state index contributed by atoms with van der Waals surface area (Å²) in [5, 5.41) is 3.57. The molecule has 1 unspecified atom stereocenters. The van der Waals surface area contributed by atoms with E-state index in [-0.39, 0.29) is 0 Å². The zero-order valence-electron chi connectivity index (χ0n) is 12.2. The Morgan fingerprint density at radius 1 is 1.00 bits per heavy atom. The van der Waals surface area contributed by atoms with E-state index in [2.05, 4.69) is 51.8 Å². The minimum Gasteiger partial charge on any atom is -0.315 e. The molecule has 2 heteroatoms. The Balaban J connectivity index is 4.33. The van der Waals surface area contributed by atoms with Crippen molar-refractivity contribution in [1.29, 1.82) is 0 Å². The van der Waals surface area contributed by atoms with E-state index in [9.17, 15) is 0 Å². The lowest BCUT2D eigenvalue weighted by molar-refractivity contribution is 0.116. The van der Waals surface area contributed by atoms with Crippen LogP contribution in [-0.4, -0.2) is 36.6 Å². The Hall–Kier alpha value is -0.0800. The van der Waals surface area contributed by atoms with Crippen molar-refractivity contribution in [3.63, 3.8) is 0 Å². The van der Waals surface area contributed by atoms with Crippen LogP contribution in [0.25, 0.3) is 0 Å². The van der Waals surface area contributed by atoms with Gasteiger partial charge in [0.2, 0.25) is 0 Å². The van der Waals surface area contributed by atoms with Gasteiger partial charge in [0.15, 0.2) is 0 Å². The molecule has 0 fully saturated rings. The zero-order chi connectivity index (χ0) is 12.6. The van der Waals surface area contributed by atoms with E-state index in [0.29, 0.717) is 12.1 Å². The molecule has 16 heavy (non-hydrogen) atoms. The molecule has 0 aliphatic rings. The molecule has 1 atom stereocenters. The second-order valence-electron chi connectivity index (χ2n) is 5.35. The van der Waals surface area contributed by atoms with Gasteiger partial charge in [-0.1, -0.05) is 27.7 Å². The predicted octanol–water partition coefficient (Wildman–Crippen LogP) is 3.13. The van der Waals surface area contributed by atoms with E-state index in [1.807, 2.05) is 0 Å². The van der Waals surface area contributed by atoms with Crippen molar-refractivity contribution in [1.82, 2.24) is 10.2 Å². The van der Waals surface area contributed by atoms with Crippen molar-refractivity contribution in [2.45, 2.75) is 66.5 Å². The number of nitrogens with zero attached hydrogens (tertiary/aromatic N) is 1. The van der Waals surface area contributed by atoms with Crippen molar-refractivity contribution in [2.75, 3.05) is 19.6 Å². The maximum Gasteiger partial charge on any atom is 0.0246 e. The van der Waals surface area contributed by atoms with Gasteiger partial charge in [0.25, 0.3) is 0 Å². The molecule has 1 N–H and O–H groups in total. The Morgan fingerprint density at radius 3 is 2.00 bits per heavy atom. The van der Waals surface area contributed by atoms with Crippen LogP contribution in [0.3, 0.4) is 0 Å². The molecule has 0 radical (unpaired) electrons. The van der Waals surface area contributed by atoms with Crippen LogP contribution in [0.2, 0.25) is 0 Å². The van der Waals surface area contributed by atoms with Gasteiger partial charge in [-0.05, 0) is 45.7 Å². The standard InChI is InChI=1S/C14H32N2/c1-7-9-15-11-14(12(3)4)16(10-8-2)13(5)6/h12-15H,7-11H2,1-6H3. The van der Waals surface area contributed by atoms with Crippen LogP contribution in [0.5, 0.6) is 0 Å². The maximum atomic E-state index is 3.57. The highest BCUT2D eigenvalue weighted by Crippen LogP contribution is 2.14. The van der Waals surface area contributed by atoms with E-state index < -0.39 is 0 Å². The minimum absolute atomic E-state index is 0.649. The van der Waals surface area contributed by atoms with E-state index in [1.165, 1.54) is 19.4 Å². The summed E-state index contributed by atoms with van der Waals surface area (Å²) in [6, 6.07) is 1.32. The third-order valence-corrected chi connectivity index (χ3v) is 3.12. The van der Waals surface area contributed by atoms with E-state index in [4.69, 9.17) is 0 Å². The first kappa shape index (κ1) is 15.9. The molecule has 0 amide bonds. The topological polar surface area (TPSA) is 15.3 Å². The molecule has 0 spiro atoms. The van der Waals surface area contributed by atoms with Crippen LogP contribution >= 0.6 is 0 Å². The fourth-order valence-electron chi connectivity index (χ4n) is 2.23. The smallest absolute Gasteiger partial charge is 0.0246 e. The Labute approximate surface area is 103 Å². The molecule has 0 aromatic heterocycles. The van der Waals surface area contributed by atoms with Crippen molar-refractivity contribution in [2.24, 2.45) is 5.92 Å². The minimum atomic E-state index is 0.649. The lowest BCUT2D eigenvalue weighted by Crippen LogP contribution is -2.49. The largest absolute Gasteiger partial charge is 0.315 e. The Morgan fingerprint density at radius 2 is 1.62 bits per heavy atom. The number of rotatable bonds is 9. The molecule has 2 nitrogen and oxygen atoms in total. The number of hydrogen-bond donors (Lipinski definition) is 1. The molecule has 0 aliphatic carbocycles. The van der Waals surface area contributed by atoms with E-state index in [1.54, 1.807) is 0 Å². The van der Waals surface area contributed by atoms with Gasteiger partial charge in [-0.25, -0.2) is 0 Å². The van der Waals surface area contributed by atoms with Crippen LogP contribution in [-0.2, 0) is 0 Å². The fraction of sp³-hybridized carbons (Fsp3) is 1.00. The molecule has 0 saturated carbocycles. The van der Waals surface area contributed by atoms with Crippen molar-refractivity contribution >= 4 is 0 Å². The van der Waals surface area contributed by atoms with Crippen molar-refractivity contribution in [3.8, 4) is 0 Å². The quantitative estimate of drug-likeness (QED) is 0.610. The SMILES string of the molecule is CCCNCC(C(C)C)N(CCC)C(C)C. The second-order valence-corrected chi connectivity index (χ2v) is 5.35. The van der Waals surface area contributed by atoms with Gasteiger partial charge in [0, 0.05) is 18.6 Å². The Bertz CT molecular complexity index is 155. The number of hydrogen-bond acceptors (Lipinski definition) is 2. The highest BCUT2D eigenvalue weighted by Gasteiger charge is 2.22. The summed E-state index contributed by atoms with van der Waals surface area (Å²) in [6.07, 6.45) is 2.47. The van der Waals surface area contributed by atoms with Gasteiger partial charge in [0.1, 0.15) is 0 Å². The van der Waals surface area contributed by atoms with Crippen molar-refractivity contribution in [3.05, 3.63) is 0 Å². The van der Waals surface area contributed by atoms with Gasteiger partial charge in [0.05, 0.1) is 0 Å². The molecular formula is C14H32N2. The first-order valence-electron chi connectivity index (χ1n) is 7.00. The normalized spacial score (nSPS) is 14.1. The molecule has 0 aromatic carbocycles. The lowest BCUT2D eigenvalue weighted by Gasteiger charge is -2.37. The highest BCUT2D eigenvalue weighted by atomic mass is 15.2. The molecule has 98 valence electrons. The summed E-state index contributed by atoms with van der Waals surface area (Å²) in [7, 11) is 0. The van der Waals surface area contributed by atoms with Gasteiger partial charge in [-0.2, -0.15) is 0 Å². The molecule has 0 heterocycles. The highest BCUT2D eigenvalue weighted by molar-refractivity contribution is 4.79. The average molecular weight is 228 g/mol. The van der Waals surface area contributed by atoms with Gasteiger partial charge in [-0.15, -0.1) is 0 Å². The summed E-state index contributed by atoms with van der Waals surface area (Å²) < 4.78 is 0. The average Bonchev–Trinajstić information content (AvgIpc) is 2.21. The van der Waals surface area contributed by atoms with Crippen molar-refractivity contribution < 1.29 is 0 Å². The maximum absolute atomic E-state index is 3.57. The summed E-state index contributed by atoms with van der Waals surface area (Å²) in [5.41, 5.74) is 0. The monoisotopic (exact) mass is 228 g/mol. The molecule has 0 aromatic rings. The molecule has 0 rings (SSSR count). The van der Waals surface area contributed by atoms with E-state index >= 15 is 0 Å². The van der Waals surface area contributed by atoms with Crippen LogP contribution < -0.4 is 5.32 Å². The second kappa shape index (κ2) is 9.00. The third kappa shape index (κ3) is 5.86.